The molecule has 0 aliphatic heterocycles. The minimum absolute atomic E-state index is 0.0307. The molecule has 0 aliphatic rings. The first-order valence-electron chi connectivity index (χ1n) is 23.4. The number of rotatable bonds is 21. The van der Waals surface area contributed by atoms with Crippen LogP contribution in [0.25, 0.3) is 50.6 Å². The van der Waals surface area contributed by atoms with E-state index in [1.54, 1.807) is 36.7 Å². The lowest BCUT2D eigenvalue weighted by molar-refractivity contribution is 0.0920. The van der Waals surface area contributed by atoms with Gasteiger partial charge in [-0.1, -0.05) is 116 Å². The molecule has 0 radical (unpaired) electrons. The maximum Gasteiger partial charge on any atom is 0.197 e. The smallest absolute Gasteiger partial charge is 0.197 e. The molecule has 0 amide bonds. The predicted molar refractivity (Wildman–Crippen MR) is 291 cm³/mol. The number of benzene rings is 5. The molecule has 0 bridgehead atoms. The summed E-state index contributed by atoms with van der Waals surface area (Å²) in [6, 6.07) is 41.5. The summed E-state index contributed by atoms with van der Waals surface area (Å²) in [5, 5.41) is 9.10. The molecule has 7 nitrogen and oxygen atoms in total. The highest BCUT2D eigenvalue weighted by Gasteiger charge is 2.17. The van der Waals surface area contributed by atoms with Crippen LogP contribution in [0.5, 0.6) is 0 Å². The Morgan fingerprint density at radius 1 is 0.667 bits per heavy atom. The van der Waals surface area contributed by atoms with Gasteiger partial charge < -0.3 is 18.6 Å². The average Bonchev–Trinajstić information content (AvgIpc) is 3.36. The number of nitriles is 1. The molecule has 0 fully saturated rings. The van der Waals surface area contributed by atoms with Crippen LogP contribution in [-0.4, -0.2) is 40.5 Å². The van der Waals surface area contributed by atoms with E-state index in [0.717, 1.165) is 92.3 Å². The SMILES string of the molecule is C=CCSc1cc(-c2cn(C)cc(-c3ccc(C=C)cc3CCC#N)c2=O)ccc1COC.CC(C)OCCSc1ccc(-c2cn(C)cc(-c3cccc(CCCc4ccccc4)c3)c2=O)cc1. The molecule has 0 spiro atoms. The average molecular weight is 954 g/mol. The fourth-order valence-corrected chi connectivity index (χ4v) is 9.68. The van der Waals surface area contributed by atoms with Gasteiger partial charge in [-0.15, -0.1) is 30.1 Å². The Morgan fingerprint density at radius 2 is 1.30 bits per heavy atom. The van der Waals surface area contributed by atoms with Crippen molar-refractivity contribution < 1.29 is 9.47 Å². The number of nitrogens with zero attached hydrogens (tertiary/aromatic N) is 3. The largest absolute Gasteiger partial charge is 0.380 e. The monoisotopic (exact) mass is 953 g/mol. The highest BCUT2D eigenvalue weighted by atomic mass is 32.2. The number of methoxy groups -OCH3 is 1. The summed E-state index contributed by atoms with van der Waals surface area (Å²) in [5.41, 5.74) is 12.1. The highest BCUT2D eigenvalue weighted by molar-refractivity contribution is 7.99. The van der Waals surface area contributed by atoms with Crippen LogP contribution < -0.4 is 10.9 Å². The van der Waals surface area contributed by atoms with Gasteiger partial charge in [0.15, 0.2) is 10.9 Å². The lowest BCUT2D eigenvalue weighted by Gasteiger charge is -2.14. The van der Waals surface area contributed by atoms with Crippen molar-refractivity contribution in [3.63, 3.8) is 0 Å². The third-order valence-corrected chi connectivity index (χ3v) is 13.6. The van der Waals surface area contributed by atoms with Gasteiger partial charge in [0.1, 0.15) is 0 Å². The first kappa shape index (κ1) is 52.0. The van der Waals surface area contributed by atoms with E-state index in [0.29, 0.717) is 30.6 Å². The number of pyridine rings is 2. The molecule has 2 heterocycles. The molecule has 0 atom stereocenters. The fraction of sp³-hybridized carbons (Fsp3) is 0.250. The molecule has 0 saturated carbocycles. The van der Waals surface area contributed by atoms with Gasteiger partial charge in [-0.05, 0) is 108 Å². The van der Waals surface area contributed by atoms with Gasteiger partial charge in [-0.25, -0.2) is 0 Å². The molecule has 2 aromatic heterocycles. The van der Waals surface area contributed by atoms with Gasteiger partial charge in [0, 0.05) is 96.0 Å². The zero-order valence-corrected chi connectivity index (χ0v) is 42.2. The van der Waals surface area contributed by atoms with Crippen LogP contribution in [0.4, 0.5) is 0 Å². The first-order valence-corrected chi connectivity index (χ1v) is 25.4. The summed E-state index contributed by atoms with van der Waals surface area (Å²) >= 11 is 3.45. The molecule has 5 aromatic carbocycles. The van der Waals surface area contributed by atoms with Crippen LogP contribution in [-0.2, 0) is 49.4 Å². The van der Waals surface area contributed by atoms with E-state index in [1.807, 2.05) is 103 Å². The fourth-order valence-electron chi connectivity index (χ4n) is 8.11. The molecule has 7 rings (SSSR count). The molecule has 69 heavy (non-hydrogen) atoms. The summed E-state index contributed by atoms with van der Waals surface area (Å²) in [5.74, 6) is 1.69. The van der Waals surface area contributed by atoms with Crippen LogP contribution in [0, 0.1) is 11.3 Å². The maximum absolute atomic E-state index is 13.7. The molecule has 9 heteroatoms. The van der Waals surface area contributed by atoms with Crippen molar-refractivity contribution >= 4 is 29.6 Å². The zero-order chi connectivity index (χ0) is 49.1. The molecule has 7 aromatic rings. The van der Waals surface area contributed by atoms with E-state index < -0.39 is 0 Å². The van der Waals surface area contributed by atoms with Crippen molar-refractivity contribution in [1.82, 2.24) is 9.13 Å². The van der Waals surface area contributed by atoms with Gasteiger partial charge in [-0.3, -0.25) is 9.59 Å². The van der Waals surface area contributed by atoms with E-state index >= 15 is 0 Å². The molecular formula is C60H63N3O4S2. The third-order valence-electron chi connectivity index (χ3n) is 11.5. The Labute approximate surface area is 417 Å². The number of hydrogen-bond donors (Lipinski definition) is 0. The molecular weight excluding hydrogens is 891 g/mol. The Hall–Kier alpha value is -6.41. The summed E-state index contributed by atoms with van der Waals surface area (Å²) in [4.78, 5) is 29.5. The van der Waals surface area contributed by atoms with Gasteiger partial charge in [-0.2, -0.15) is 5.26 Å². The number of ether oxygens (including phenoxy) is 2. The van der Waals surface area contributed by atoms with Gasteiger partial charge in [0.05, 0.1) is 25.4 Å². The van der Waals surface area contributed by atoms with Crippen molar-refractivity contribution in [2.24, 2.45) is 14.1 Å². The van der Waals surface area contributed by atoms with Crippen molar-refractivity contribution in [2.45, 2.75) is 68.5 Å². The topological polar surface area (TPSA) is 86.2 Å². The predicted octanol–water partition coefficient (Wildman–Crippen LogP) is 13.7. The van der Waals surface area contributed by atoms with Crippen molar-refractivity contribution in [3.8, 4) is 50.6 Å². The molecule has 354 valence electrons. The Morgan fingerprint density at radius 3 is 1.97 bits per heavy atom. The minimum Gasteiger partial charge on any atom is -0.380 e. The minimum atomic E-state index is -0.0307. The third kappa shape index (κ3) is 14.8. The maximum atomic E-state index is 13.7. The lowest BCUT2D eigenvalue weighted by Crippen LogP contribution is -2.13. The highest BCUT2D eigenvalue weighted by Crippen LogP contribution is 2.31. The second-order valence-electron chi connectivity index (χ2n) is 17.1. The number of aryl methyl sites for hydroxylation is 5. The van der Waals surface area contributed by atoms with Gasteiger partial charge >= 0.3 is 0 Å². The summed E-state index contributed by atoms with van der Waals surface area (Å²) in [7, 11) is 5.58. The molecule has 0 aliphatic carbocycles. The Kier molecular flexibility index (Phi) is 19.9. The number of aromatic nitrogens is 2. The van der Waals surface area contributed by atoms with Crippen LogP contribution in [0.15, 0.2) is 179 Å². The van der Waals surface area contributed by atoms with E-state index in [2.05, 4.69) is 99.8 Å². The standard InChI is InChI=1S/C32H35NO2S.C28H28N2O2S/c1-24(2)35-19-20-36-29-17-15-27(16-18-29)30-22-33(3)23-31(32(30)34)28-14-8-13-26(21-28)12-7-11-25-9-5-4-6-10-25;1-5-14-33-27-16-22(10-11-23(27)19-32-4)25-17-30(3)18-26(28(25)31)24-12-9-20(6-2)15-21(24)8-7-13-29/h4-6,8-10,13-18,21-24H,7,11-12,19-20H2,1-3H3;5-6,9-12,15-18H,1-2,7-8,14,19H2,3-4H3. The van der Waals surface area contributed by atoms with Gasteiger partial charge in [0.25, 0.3) is 0 Å². The van der Waals surface area contributed by atoms with E-state index in [4.69, 9.17) is 14.7 Å². The number of hydrogen-bond acceptors (Lipinski definition) is 7. The zero-order valence-electron chi connectivity index (χ0n) is 40.6. The van der Waals surface area contributed by atoms with E-state index in [9.17, 15) is 9.59 Å². The Bertz CT molecular complexity index is 2980. The second kappa shape index (κ2) is 26.4. The Balaban J connectivity index is 0.000000228. The molecule has 0 N–H and O–H groups in total. The summed E-state index contributed by atoms with van der Waals surface area (Å²) in [6.07, 6.45) is 15.6. The molecule has 0 saturated heterocycles. The van der Waals surface area contributed by atoms with Crippen molar-refractivity contribution in [3.05, 3.63) is 208 Å². The van der Waals surface area contributed by atoms with Crippen molar-refractivity contribution in [1.29, 1.82) is 5.26 Å². The lowest BCUT2D eigenvalue weighted by atomic mass is 9.93. The quantitative estimate of drug-likeness (QED) is 0.0403. The van der Waals surface area contributed by atoms with E-state index in [1.165, 1.54) is 16.0 Å². The summed E-state index contributed by atoms with van der Waals surface area (Å²) < 4.78 is 14.9. The normalized spacial score (nSPS) is 10.9. The van der Waals surface area contributed by atoms with Gasteiger partial charge in [0.2, 0.25) is 0 Å². The summed E-state index contributed by atoms with van der Waals surface area (Å²) in [6.45, 7) is 13.0. The van der Waals surface area contributed by atoms with Crippen LogP contribution in [0.1, 0.15) is 54.5 Å². The van der Waals surface area contributed by atoms with E-state index in [-0.39, 0.29) is 17.0 Å². The van der Waals surface area contributed by atoms with Crippen molar-refractivity contribution in [2.75, 3.05) is 25.2 Å². The van der Waals surface area contributed by atoms with Crippen LogP contribution >= 0.6 is 23.5 Å². The number of thioether (sulfide) groups is 2. The second-order valence-corrected chi connectivity index (χ2v) is 19.4. The van der Waals surface area contributed by atoms with Crippen LogP contribution in [0.2, 0.25) is 0 Å². The first-order chi connectivity index (χ1) is 33.5. The van der Waals surface area contributed by atoms with Crippen LogP contribution in [0.3, 0.4) is 0 Å². The molecule has 0 unspecified atom stereocenters.